The Hall–Kier alpha value is -0.820. The van der Waals surface area contributed by atoms with Crippen molar-refractivity contribution in [1.82, 2.24) is 0 Å². The van der Waals surface area contributed by atoms with Crippen LogP contribution in [0.2, 0.25) is 0 Å². The Labute approximate surface area is 125 Å². The Bertz CT molecular complexity index is 547. The molecule has 1 fully saturated rings. The molecule has 110 valence electrons. The molecule has 6 heteroatoms. The Morgan fingerprint density at radius 1 is 1.40 bits per heavy atom. The third kappa shape index (κ3) is 1.59. The highest BCUT2D eigenvalue weighted by molar-refractivity contribution is 9.10. The van der Waals surface area contributed by atoms with Crippen molar-refractivity contribution in [2.24, 2.45) is 0 Å². The van der Waals surface area contributed by atoms with Crippen LogP contribution in [-0.2, 0) is 10.3 Å². The van der Waals surface area contributed by atoms with Crippen LogP contribution in [0.3, 0.4) is 0 Å². The zero-order valence-corrected chi connectivity index (χ0v) is 13.1. The molecule has 3 aliphatic rings. The van der Waals surface area contributed by atoms with E-state index in [4.69, 9.17) is 14.2 Å². The molecular weight excluding hydrogens is 328 g/mol. The minimum atomic E-state index is -1.49. The Morgan fingerprint density at radius 3 is 2.65 bits per heavy atom. The van der Waals surface area contributed by atoms with E-state index >= 15 is 0 Å². The predicted molar refractivity (Wildman–Crippen MR) is 75.1 cm³/mol. The van der Waals surface area contributed by atoms with E-state index in [-0.39, 0.29) is 6.10 Å². The molecule has 1 aliphatic carbocycles. The molecule has 0 unspecified atom stereocenters. The van der Waals surface area contributed by atoms with Gasteiger partial charge in [0.1, 0.15) is 17.1 Å². The largest absolute Gasteiger partial charge is 0.496 e. The zero-order valence-electron chi connectivity index (χ0n) is 11.5. The highest BCUT2D eigenvalue weighted by Crippen LogP contribution is 2.58. The summed E-state index contributed by atoms with van der Waals surface area (Å²) in [6.45, 7) is 1.76. The van der Waals surface area contributed by atoms with E-state index in [1.165, 1.54) is 7.11 Å². The fraction of sp³-hybridized carbons (Fsp3) is 0.571. The Balaban J connectivity index is 2.37. The van der Waals surface area contributed by atoms with Gasteiger partial charge in [-0.15, -0.1) is 0 Å². The number of methoxy groups -OCH3 is 2. The Kier molecular flexibility index (Phi) is 3.25. The van der Waals surface area contributed by atoms with Crippen molar-refractivity contribution in [3.63, 3.8) is 0 Å². The van der Waals surface area contributed by atoms with Gasteiger partial charge in [-0.05, 0) is 28.9 Å². The lowest BCUT2D eigenvalue weighted by Gasteiger charge is -2.52. The van der Waals surface area contributed by atoms with Crippen LogP contribution in [0, 0.1) is 0 Å². The molecular formula is C14H17BrO5. The maximum absolute atomic E-state index is 11.0. The highest BCUT2D eigenvalue weighted by atomic mass is 79.9. The van der Waals surface area contributed by atoms with Crippen molar-refractivity contribution in [2.75, 3.05) is 14.2 Å². The van der Waals surface area contributed by atoms with Gasteiger partial charge in [-0.2, -0.15) is 0 Å². The lowest BCUT2D eigenvalue weighted by molar-refractivity contribution is -0.246. The van der Waals surface area contributed by atoms with E-state index in [9.17, 15) is 10.2 Å². The quantitative estimate of drug-likeness (QED) is 0.857. The van der Waals surface area contributed by atoms with E-state index in [1.54, 1.807) is 20.1 Å². The fourth-order valence-electron chi connectivity index (χ4n) is 3.32. The molecule has 2 bridgehead atoms. The second-order valence-corrected chi connectivity index (χ2v) is 6.08. The molecule has 2 N–H and O–H groups in total. The molecule has 1 saturated heterocycles. The maximum Gasteiger partial charge on any atom is 0.145 e. The summed E-state index contributed by atoms with van der Waals surface area (Å²) in [5.74, 6) is 1.14. The average Bonchev–Trinajstić information content (AvgIpc) is 2.41. The summed E-state index contributed by atoms with van der Waals surface area (Å²) in [6, 6.07) is 1.79. The number of rotatable bonds is 2. The first-order chi connectivity index (χ1) is 9.44. The van der Waals surface area contributed by atoms with Crippen LogP contribution in [-0.4, -0.2) is 36.6 Å². The van der Waals surface area contributed by atoms with Crippen LogP contribution in [0.1, 0.15) is 30.6 Å². The lowest BCUT2D eigenvalue weighted by atomic mass is 9.69. The number of hydrogen-bond donors (Lipinski definition) is 2. The molecule has 5 nitrogen and oxygen atoms in total. The summed E-state index contributed by atoms with van der Waals surface area (Å²) < 4.78 is 17.3. The van der Waals surface area contributed by atoms with Gasteiger partial charge in [-0.25, -0.2) is 0 Å². The van der Waals surface area contributed by atoms with Crippen molar-refractivity contribution in [2.45, 2.75) is 37.3 Å². The second kappa shape index (κ2) is 4.59. The summed E-state index contributed by atoms with van der Waals surface area (Å²) in [5.41, 5.74) is -0.167. The van der Waals surface area contributed by atoms with Gasteiger partial charge in [0, 0.05) is 17.5 Å². The van der Waals surface area contributed by atoms with Crippen molar-refractivity contribution < 1.29 is 24.4 Å². The summed E-state index contributed by atoms with van der Waals surface area (Å²) in [4.78, 5) is 0. The molecule has 0 aromatic heterocycles. The molecule has 2 aliphatic heterocycles. The molecule has 0 saturated carbocycles. The van der Waals surface area contributed by atoms with E-state index in [1.807, 2.05) is 0 Å². The normalized spacial score (nSPS) is 34.8. The third-order valence-corrected chi connectivity index (χ3v) is 4.91. The average molecular weight is 345 g/mol. The van der Waals surface area contributed by atoms with Crippen LogP contribution < -0.4 is 9.47 Å². The van der Waals surface area contributed by atoms with E-state index < -0.39 is 17.8 Å². The number of halogens is 1. The minimum absolute atomic E-state index is 0.305. The van der Waals surface area contributed by atoms with Gasteiger partial charge in [-0.1, -0.05) is 0 Å². The first kappa shape index (κ1) is 14.1. The zero-order chi connectivity index (χ0) is 14.7. The molecule has 0 amide bonds. The third-order valence-electron chi connectivity index (χ3n) is 4.32. The van der Waals surface area contributed by atoms with Crippen LogP contribution in [0.15, 0.2) is 10.5 Å². The number of benzene rings is 1. The maximum atomic E-state index is 11.0. The van der Waals surface area contributed by atoms with Gasteiger partial charge in [0.2, 0.25) is 0 Å². The molecule has 1 aromatic carbocycles. The van der Waals surface area contributed by atoms with E-state index in [2.05, 4.69) is 15.9 Å². The van der Waals surface area contributed by atoms with Crippen LogP contribution in [0.5, 0.6) is 11.5 Å². The highest BCUT2D eigenvalue weighted by Gasteiger charge is 2.58. The minimum Gasteiger partial charge on any atom is -0.496 e. The SMILES string of the molecule is COc1cc(Br)c(OC)c2c1[C@H]1C[C@@H](O)[C@]2(O)[C@@H](C)O1. The first-order valence-electron chi connectivity index (χ1n) is 6.45. The second-order valence-electron chi connectivity index (χ2n) is 5.23. The molecule has 2 heterocycles. The topological polar surface area (TPSA) is 68.2 Å². The summed E-state index contributed by atoms with van der Waals surface area (Å²) in [5, 5.41) is 21.3. The van der Waals surface area contributed by atoms with Gasteiger partial charge in [-0.3, -0.25) is 0 Å². The molecule has 0 radical (unpaired) electrons. The Morgan fingerprint density at radius 2 is 2.10 bits per heavy atom. The summed E-state index contributed by atoms with van der Waals surface area (Å²) >= 11 is 3.42. The smallest absolute Gasteiger partial charge is 0.145 e. The summed E-state index contributed by atoms with van der Waals surface area (Å²) in [6.07, 6.45) is -1.37. The van der Waals surface area contributed by atoms with Gasteiger partial charge >= 0.3 is 0 Å². The van der Waals surface area contributed by atoms with Gasteiger partial charge in [0.25, 0.3) is 0 Å². The number of aliphatic hydroxyl groups excluding tert-OH is 1. The number of fused-ring (bicyclic) bond motifs is 2. The molecule has 1 aromatic rings. The van der Waals surface area contributed by atoms with Crippen molar-refractivity contribution in [3.8, 4) is 11.5 Å². The first-order valence-corrected chi connectivity index (χ1v) is 7.25. The van der Waals surface area contributed by atoms with Crippen molar-refractivity contribution >= 4 is 15.9 Å². The van der Waals surface area contributed by atoms with Gasteiger partial charge in [0.05, 0.1) is 37.0 Å². The number of aliphatic hydroxyl groups is 2. The van der Waals surface area contributed by atoms with E-state index in [0.29, 0.717) is 28.0 Å². The number of ether oxygens (including phenoxy) is 3. The fourth-order valence-corrected chi connectivity index (χ4v) is 3.89. The van der Waals surface area contributed by atoms with Gasteiger partial charge in [0.15, 0.2) is 0 Å². The van der Waals surface area contributed by atoms with Crippen molar-refractivity contribution in [3.05, 3.63) is 21.7 Å². The van der Waals surface area contributed by atoms with Crippen molar-refractivity contribution in [1.29, 1.82) is 0 Å². The van der Waals surface area contributed by atoms with Crippen LogP contribution in [0.4, 0.5) is 0 Å². The standard InChI is InChI=1S/C14H17BrO5/c1-6-14(17)10(16)5-9(20-6)11-8(18-2)4-7(15)13(19-3)12(11)14/h4,6,9-10,16-17H,5H2,1-3H3/t6-,9-,10-,14-/m1/s1. The number of hydrogen-bond acceptors (Lipinski definition) is 5. The molecule has 20 heavy (non-hydrogen) atoms. The lowest BCUT2D eigenvalue weighted by Crippen LogP contribution is -2.58. The predicted octanol–water partition coefficient (Wildman–Crippen LogP) is 1.88. The molecule has 4 rings (SSSR count). The van der Waals surface area contributed by atoms with E-state index in [0.717, 1.165) is 5.56 Å². The monoisotopic (exact) mass is 344 g/mol. The van der Waals surface area contributed by atoms with Crippen LogP contribution in [0.25, 0.3) is 0 Å². The molecule has 4 atom stereocenters. The summed E-state index contributed by atoms with van der Waals surface area (Å²) in [7, 11) is 3.11. The van der Waals surface area contributed by atoms with Crippen LogP contribution >= 0.6 is 15.9 Å². The molecule has 0 spiro atoms. The van der Waals surface area contributed by atoms with Gasteiger partial charge < -0.3 is 24.4 Å².